The summed E-state index contributed by atoms with van der Waals surface area (Å²) in [6.07, 6.45) is 1.91. The minimum Gasteiger partial charge on any atom is -0.347 e. The topological polar surface area (TPSA) is 57.6 Å². The average Bonchev–Trinajstić information content (AvgIpc) is 2.95. The summed E-state index contributed by atoms with van der Waals surface area (Å²) in [5.41, 5.74) is 0.642. The first-order valence-corrected chi connectivity index (χ1v) is 7.33. The molecule has 1 unspecified atom stereocenters. The summed E-state index contributed by atoms with van der Waals surface area (Å²) in [7, 11) is 3.44. The number of likely N-dealkylation sites (N-methyl/N-ethyl adjacent to an activating group) is 1. The first kappa shape index (κ1) is 15.6. The van der Waals surface area contributed by atoms with E-state index >= 15 is 0 Å². The van der Waals surface area contributed by atoms with E-state index in [0.717, 1.165) is 0 Å². The monoisotopic (exact) mass is 292 g/mol. The van der Waals surface area contributed by atoms with Gasteiger partial charge in [0.05, 0.1) is 0 Å². The fraction of sp³-hybridized carbons (Fsp3) is 0.600. The van der Waals surface area contributed by atoms with Gasteiger partial charge in [-0.2, -0.15) is 0 Å². The molecular weight excluding hydrogens is 268 g/mol. The van der Waals surface area contributed by atoms with E-state index < -0.39 is 6.04 Å². The number of hydrogen-bond donors (Lipinski definition) is 1. The lowest BCUT2D eigenvalue weighted by molar-refractivity contribution is -0.134. The molecule has 0 aliphatic carbocycles. The van der Waals surface area contributed by atoms with Crippen molar-refractivity contribution < 1.29 is 9.59 Å². The zero-order valence-electron chi connectivity index (χ0n) is 13.2. The Hall–Kier alpha value is -1.82. The predicted octanol–water partition coefficient (Wildman–Crippen LogP) is 0.571. The minimum atomic E-state index is -0.434. The molecule has 0 aromatic carbocycles. The summed E-state index contributed by atoms with van der Waals surface area (Å²) in [5, 5.41) is 3.19. The van der Waals surface area contributed by atoms with Crippen LogP contribution in [-0.2, 0) is 4.79 Å². The van der Waals surface area contributed by atoms with Crippen LogP contribution >= 0.6 is 0 Å². The maximum atomic E-state index is 12.8. The highest BCUT2D eigenvalue weighted by Gasteiger charge is 2.34. The Morgan fingerprint density at radius 2 is 2.10 bits per heavy atom. The van der Waals surface area contributed by atoms with E-state index in [4.69, 9.17) is 0 Å². The predicted molar refractivity (Wildman–Crippen MR) is 81.2 cm³/mol. The highest BCUT2D eigenvalue weighted by molar-refractivity contribution is 5.96. The third kappa shape index (κ3) is 3.10. The molecule has 1 atom stereocenters. The molecule has 1 aromatic rings. The molecule has 2 amide bonds. The van der Waals surface area contributed by atoms with Gasteiger partial charge in [0.25, 0.3) is 5.91 Å². The van der Waals surface area contributed by atoms with Gasteiger partial charge < -0.3 is 19.7 Å². The molecule has 0 saturated carbocycles. The van der Waals surface area contributed by atoms with Gasteiger partial charge in [-0.1, -0.05) is 0 Å². The Kier molecular flexibility index (Phi) is 4.67. The Balaban J connectivity index is 2.26. The summed E-state index contributed by atoms with van der Waals surface area (Å²) >= 11 is 0. The van der Waals surface area contributed by atoms with Crippen LogP contribution in [0.3, 0.4) is 0 Å². The van der Waals surface area contributed by atoms with Crippen LogP contribution in [0, 0.1) is 0 Å². The van der Waals surface area contributed by atoms with E-state index in [1.54, 1.807) is 23.9 Å². The van der Waals surface area contributed by atoms with Crippen molar-refractivity contribution in [1.29, 1.82) is 0 Å². The number of nitrogens with zero attached hydrogens (tertiary/aromatic N) is 3. The van der Waals surface area contributed by atoms with E-state index in [2.05, 4.69) is 5.32 Å². The molecule has 21 heavy (non-hydrogen) atoms. The van der Waals surface area contributed by atoms with E-state index in [-0.39, 0.29) is 17.9 Å². The van der Waals surface area contributed by atoms with Crippen LogP contribution in [-0.4, -0.2) is 66.0 Å². The molecule has 0 radical (unpaired) electrons. The zero-order chi connectivity index (χ0) is 15.6. The molecule has 0 bridgehead atoms. The standard InChI is InChI=1S/C15H24N4O2/c1-11(2)18-8-5-6-12(18)15(21)19-9-7-16-10-13(19)14(20)17(3)4/h5-6,8,11,13,16H,7,9-10H2,1-4H3. The fourth-order valence-electron chi connectivity index (χ4n) is 2.64. The van der Waals surface area contributed by atoms with Gasteiger partial charge in [-0.25, -0.2) is 0 Å². The fourth-order valence-corrected chi connectivity index (χ4v) is 2.64. The third-order valence-corrected chi connectivity index (χ3v) is 3.78. The van der Waals surface area contributed by atoms with Gasteiger partial charge in [-0.3, -0.25) is 9.59 Å². The smallest absolute Gasteiger partial charge is 0.271 e. The lowest BCUT2D eigenvalue weighted by Gasteiger charge is -2.36. The molecule has 6 nitrogen and oxygen atoms in total. The van der Waals surface area contributed by atoms with E-state index in [1.165, 1.54) is 0 Å². The number of nitrogens with one attached hydrogen (secondary N) is 1. The lowest BCUT2D eigenvalue weighted by atomic mass is 10.1. The number of piperazine rings is 1. The van der Waals surface area contributed by atoms with E-state index in [9.17, 15) is 9.59 Å². The van der Waals surface area contributed by atoms with Crippen molar-refractivity contribution in [3.05, 3.63) is 24.0 Å². The molecule has 1 aromatic heterocycles. The van der Waals surface area contributed by atoms with Gasteiger partial charge in [-0.15, -0.1) is 0 Å². The van der Waals surface area contributed by atoms with Crippen molar-refractivity contribution in [2.75, 3.05) is 33.7 Å². The van der Waals surface area contributed by atoms with Crippen molar-refractivity contribution in [3.8, 4) is 0 Å². The van der Waals surface area contributed by atoms with Crippen molar-refractivity contribution in [2.45, 2.75) is 25.9 Å². The SMILES string of the molecule is CC(C)n1cccc1C(=O)N1CCNCC1C(=O)N(C)C. The van der Waals surface area contributed by atoms with Gasteiger partial charge in [0.15, 0.2) is 0 Å². The number of rotatable bonds is 3. The maximum Gasteiger partial charge on any atom is 0.271 e. The highest BCUT2D eigenvalue weighted by Crippen LogP contribution is 2.16. The zero-order valence-corrected chi connectivity index (χ0v) is 13.2. The van der Waals surface area contributed by atoms with Crippen LogP contribution in [0.1, 0.15) is 30.4 Å². The van der Waals surface area contributed by atoms with Crippen molar-refractivity contribution in [1.82, 2.24) is 19.7 Å². The molecule has 6 heteroatoms. The highest BCUT2D eigenvalue weighted by atomic mass is 16.2. The second kappa shape index (κ2) is 6.30. The number of carbonyl (C=O) groups is 2. The Labute approximate surface area is 125 Å². The Morgan fingerprint density at radius 3 is 2.71 bits per heavy atom. The Morgan fingerprint density at radius 1 is 1.38 bits per heavy atom. The van der Waals surface area contributed by atoms with Crippen LogP contribution in [0.4, 0.5) is 0 Å². The number of carbonyl (C=O) groups excluding carboxylic acids is 2. The van der Waals surface area contributed by atoms with Crippen LogP contribution < -0.4 is 5.32 Å². The maximum absolute atomic E-state index is 12.8. The van der Waals surface area contributed by atoms with Gasteiger partial charge in [0.1, 0.15) is 11.7 Å². The summed E-state index contributed by atoms with van der Waals surface area (Å²) in [6.45, 7) is 5.84. The third-order valence-electron chi connectivity index (χ3n) is 3.78. The molecule has 1 fully saturated rings. The number of amides is 2. The van der Waals surface area contributed by atoms with Crippen LogP contribution in [0.25, 0.3) is 0 Å². The summed E-state index contributed by atoms with van der Waals surface area (Å²) in [5.74, 6) is -0.117. The van der Waals surface area contributed by atoms with Crippen LogP contribution in [0.2, 0.25) is 0 Å². The van der Waals surface area contributed by atoms with E-state index in [0.29, 0.717) is 25.3 Å². The molecule has 1 aliphatic heterocycles. The molecule has 1 saturated heterocycles. The number of hydrogen-bond acceptors (Lipinski definition) is 3. The van der Waals surface area contributed by atoms with Gasteiger partial charge in [-0.05, 0) is 26.0 Å². The second-order valence-electron chi connectivity index (χ2n) is 5.85. The normalized spacial score (nSPS) is 18.9. The molecule has 2 heterocycles. The molecule has 1 aliphatic rings. The van der Waals surface area contributed by atoms with Crippen molar-refractivity contribution >= 4 is 11.8 Å². The molecular formula is C15H24N4O2. The summed E-state index contributed by atoms with van der Waals surface area (Å²) in [6, 6.07) is 3.47. The van der Waals surface area contributed by atoms with Crippen molar-refractivity contribution in [3.63, 3.8) is 0 Å². The lowest BCUT2D eigenvalue weighted by Crippen LogP contribution is -2.59. The molecule has 2 rings (SSSR count). The van der Waals surface area contributed by atoms with E-state index in [1.807, 2.05) is 36.7 Å². The van der Waals surface area contributed by atoms with Crippen LogP contribution in [0.5, 0.6) is 0 Å². The molecule has 116 valence electrons. The van der Waals surface area contributed by atoms with Gasteiger partial charge >= 0.3 is 0 Å². The van der Waals surface area contributed by atoms with Gasteiger partial charge in [0.2, 0.25) is 5.91 Å². The largest absolute Gasteiger partial charge is 0.347 e. The van der Waals surface area contributed by atoms with Crippen molar-refractivity contribution in [2.24, 2.45) is 0 Å². The number of aromatic nitrogens is 1. The first-order valence-electron chi connectivity index (χ1n) is 7.33. The minimum absolute atomic E-state index is 0.0433. The Bertz CT molecular complexity index is 521. The summed E-state index contributed by atoms with van der Waals surface area (Å²) < 4.78 is 1.95. The average molecular weight is 292 g/mol. The first-order chi connectivity index (χ1) is 9.93. The summed E-state index contributed by atoms with van der Waals surface area (Å²) in [4.78, 5) is 28.3. The quantitative estimate of drug-likeness (QED) is 0.886. The van der Waals surface area contributed by atoms with Crippen LogP contribution in [0.15, 0.2) is 18.3 Å². The second-order valence-corrected chi connectivity index (χ2v) is 5.85. The molecule has 1 N–H and O–H groups in total. The van der Waals surface area contributed by atoms with Gasteiger partial charge in [0, 0.05) is 46.0 Å². The molecule has 0 spiro atoms.